The second-order valence-electron chi connectivity index (χ2n) is 5.65. The monoisotopic (exact) mass is 265 g/mol. The molecule has 0 amide bonds. The molecule has 0 bridgehead atoms. The van der Waals surface area contributed by atoms with E-state index in [4.69, 9.17) is 5.11 Å². The van der Waals surface area contributed by atoms with Gasteiger partial charge in [-0.1, -0.05) is 0 Å². The maximum Gasteiger partial charge on any atom is 0.306 e. The van der Waals surface area contributed by atoms with E-state index >= 15 is 0 Å². The third-order valence-electron chi connectivity index (χ3n) is 4.16. The number of rotatable bonds is 4. The number of carboxylic acid groups (broad SMARTS) is 1. The summed E-state index contributed by atoms with van der Waals surface area (Å²) in [5.74, 6) is 0.0307. The van der Waals surface area contributed by atoms with Crippen molar-refractivity contribution in [2.24, 2.45) is 5.92 Å². The highest BCUT2D eigenvalue weighted by Gasteiger charge is 2.32. The molecule has 2 heterocycles. The van der Waals surface area contributed by atoms with Gasteiger partial charge in [-0.05, 0) is 49.6 Å². The molecule has 1 N–H and O–H groups in total. The molecule has 1 aromatic rings. The predicted octanol–water partition coefficient (Wildman–Crippen LogP) is 0.693. The fourth-order valence-corrected chi connectivity index (χ4v) is 2.78. The van der Waals surface area contributed by atoms with Crippen LogP contribution in [0.2, 0.25) is 0 Å². The average Bonchev–Trinajstić information content (AvgIpc) is 3.12. The smallest absolute Gasteiger partial charge is 0.306 e. The second kappa shape index (κ2) is 4.88. The Labute approximate surface area is 111 Å². The molecular weight excluding hydrogens is 246 g/mol. The number of aliphatic carboxylic acids is 1. The van der Waals surface area contributed by atoms with Crippen LogP contribution in [-0.4, -0.2) is 48.8 Å². The predicted molar refractivity (Wildman–Crippen MR) is 66.3 cm³/mol. The van der Waals surface area contributed by atoms with Crippen LogP contribution in [0, 0.1) is 5.92 Å². The molecule has 2 atom stereocenters. The molecule has 104 valence electrons. The van der Waals surface area contributed by atoms with Crippen LogP contribution in [0.5, 0.6) is 0 Å². The van der Waals surface area contributed by atoms with Crippen molar-refractivity contribution in [3.63, 3.8) is 0 Å². The van der Waals surface area contributed by atoms with Gasteiger partial charge in [-0.2, -0.15) is 0 Å². The van der Waals surface area contributed by atoms with Crippen LogP contribution < -0.4 is 0 Å². The summed E-state index contributed by atoms with van der Waals surface area (Å²) in [6, 6.07) is 0.746. The highest BCUT2D eigenvalue weighted by molar-refractivity contribution is 5.70. The number of hydrogen-bond donors (Lipinski definition) is 1. The summed E-state index contributed by atoms with van der Waals surface area (Å²) in [5.41, 5.74) is 0. The number of tetrazole rings is 1. The highest BCUT2D eigenvalue weighted by atomic mass is 16.4. The van der Waals surface area contributed by atoms with E-state index in [2.05, 4.69) is 27.3 Å². The summed E-state index contributed by atoms with van der Waals surface area (Å²) in [4.78, 5) is 13.3. The standard InChI is InChI=1S/C12H19N5O2/c1-8-6-9(12(18)19)4-5-16(8)7-11-13-14-15-17(11)10-2-3-10/h8-10H,2-7H2,1H3,(H,18,19). The molecule has 2 unspecified atom stereocenters. The Morgan fingerprint density at radius 1 is 1.42 bits per heavy atom. The third-order valence-corrected chi connectivity index (χ3v) is 4.16. The maximum atomic E-state index is 11.0. The minimum atomic E-state index is -0.672. The van der Waals surface area contributed by atoms with E-state index in [9.17, 15) is 4.79 Å². The minimum Gasteiger partial charge on any atom is -0.481 e. The minimum absolute atomic E-state index is 0.203. The summed E-state index contributed by atoms with van der Waals surface area (Å²) in [6.07, 6.45) is 3.74. The van der Waals surface area contributed by atoms with Crippen molar-refractivity contribution in [2.75, 3.05) is 6.54 Å². The van der Waals surface area contributed by atoms with Gasteiger partial charge in [0.15, 0.2) is 5.82 Å². The number of hydrogen-bond acceptors (Lipinski definition) is 5. The fourth-order valence-electron chi connectivity index (χ4n) is 2.78. The SMILES string of the molecule is CC1CC(C(=O)O)CCN1Cc1nnnn1C1CC1. The Morgan fingerprint density at radius 3 is 2.84 bits per heavy atom. The number of carbonyl (C=O) groups is 1. The molecule has 1 aliphatic heterocycles. The molecule has 0 spiro atoms. The lowest BCUT2D eigenvalue weighted by atomic mass is 9.92. The first-order valence-corrected chi connectivity index (χ1v) is 6.88. The molecule has 1 aromatic heterocycles. The van der Waals surface area contributed by atoms with Crippen LogP contribution in [0.15, 0.2) is 0 Å². The van der Waals surface area contributed by atoms with Gasteiger partial charge in [-0.15, -0.1) is 5.10 Å². The fraction of sp³-hybridized carbons (Fsp3) is 0.833. The molecule has 1 aliphatic carbocycles. The van der Waals surface area contributed by atoms with Crippen molar-refractivity contribution in [1.82, 2.24) is 25.1 Å². The Kier molecular flexibility index (Phi) is 3.22. The van der Waals surface area contributed by atoms with Gasteiger partial charge in [0.1, 0.15) is 0 Å². The molecule has 2 fully saturated rings. The van der Waals surface area contributed by atoms with E-state index in [0.29, 0.717) is 18.9 Å². The molecular formula is C12H19N5O2. The molecule has 1 saturated heterocycles. The molecule has 0 radical (unpaired) electrons. The van der Waals surface area contributed by atoms with E-state index in [1.165, 1.54) is 0 Å². The van der Waals surface area contributed by atoms with Gasteiger partial charge in [0.2, 0.25) is 0 Å². The molecule has 0 aromatic carbocycles. The first-order chi connectivity index (χ1) is 9.15. The van der Waals surface area contributed by atoms with Gasteiger partial charge >= 0.3 is 5.97 Å². The zero-order valence-corrected chi connectivity index (χ0v) is 11.1. The van der Waals surface area contributed by atoms with Crippen LogP contribution in [-0.2, 0) is 11.3 Å². The summed E-state index contributed by atoms with van der Waals surface area (Å²) < 4.78 is 1.93. The van der Waals surface area contributed by atoms with Crippen LogP contribution in [0.25, 0.3) is 0 Å². The lowest BCUT2D eigenvalue weighted by Gasteiger charge is -2.35. The molecule has 19 heavy (non-hydrogen) atoms. The first-order valence-electron chi connectivity index (χ1n) is 6.88. The molecule has 1 saturated carbocycles. The van der Waals surface area contributed by atoms with Crippen molar-refractivity contribution >= 4 is 5.97 Å². The first kappa shape index (κ1) is 12.5. The lowest BCUT2D eigenvalue weighted by Crippen LogP contribution is -2.42. The number of piperidine rings is 1. The van der Waals surface area contributed by atoms with Gasteiger partial charge in [0.05, 0.1) is 18.5 Å². The van der Waals surface area contributed by atoms with Crippen molar-refractivity contribution in [1.29, 1.82) is 0 Å². The van der Waals surface area contributed by atoms with E-state index in [1.54, 1.807) is 0 Å². The quantitative estimate of drug-likeness (QED) is 0.862. The van der Waals surface area contributed by atoms with Crippen LogP contribution >= 0.6 is 0 Å². The summed E-state index contributed by atoms with van der Waals surface area (Å²) in [7, 11) is 0. The number of aromatic nitrogens is 4. The number of nitrogens with zero attached hydrogens (tertiary/aromatic N) is 5. The van der Waals surface area contributed by atoms with Gasteiger partial charge in [0, 0.05) is 6.04 Å². The molecule has 7 nitrogen and oxygen atoms in total. The van der Waals surface area contributed by atoms with E-state index in [1.807, 2.05) is 4.68 Å². The normalized spacial score (nSPS) is 28.5. The zero-order chi connectivity index (χ0) is 13.4. The largest absolute Gasteiger partial charge is 0.481 e. The van der Waals surface area contributed by atoms with Gasteiger partial charge < -0.3 is 5.11 Å². The highest BCUT2D eigenvalue weighted by Crippen LogP contribution is 2.35. The molecule has 3 rings (SSSR count). The Hall–Kier alpha value is -1.50. The van der Waals surface area contributed by atoms with Crippen LogP contribution in [0.1, 0.15) is 44.5 Å². The summed E-state index contributed by atoms with van der Waals surface area (Å²) in [5, 5.41) is 21.0. The van der Waals surface area contributed by atoms with Gasteiger partial charge in [0.25, 0.3) is 0 Å². The van der Waals surface area contributed by atoms with Crippen LogP contribution in [0.4, 0.5) is 0 Å². The summed E-state index contributed by atoms with van der Waals surface area (Å²) in [6.45, 7) is 3.60. The van der Waals surface area contributed by atoms with Crippen LogP contribution in [0.3, 0.4) is 0 Å². The van der Waals surface area contributed by atoms with Crippen molar-refractivity contribution in [2.45, 2.75) is 51.2 Å². The summed E-state index contributed by atoms with van der Waals surface area (Å²) >= 11 is 0. The second-order valence-corrected chi connectivity index (χ2v) is 5.65. The number of likely N-dealkylation sites (tertiary alicyclic amines) is 1. The van der Waals surface area contributed by atoms with Gasteiger partial charge in [-0.3, -0.25) is 9.69 Å². The van der Waals surface area contributed by atoms with Gasteiger partial charge in [-0.25, -0.2) is 4.68 Å². The third kappa shape index (κ3) is 2.60. The zero-order valence-electron chi connectivity index (χ0n) is 11.1. The van der Waals surface area contributed by atoms with Crippen molar-refractivity contribution < 1.29 is 9.90 Å². The van der Waals surface area contributed by atoms with E-state index < -0.39 is 5.97 Å². The number of carboxylic acids is 1. The molecule has 2 aliphatic rings. The maximum absolute atomic E-state index is 11.0. The Morgan fingerprint density at radius 2 is 2.21 bits per heavy atom. The Bertz CT molecular complexity index is 470. The Balaban J connectivity index is 1.64. The van der Waals surface area contributed by atoms with Crippen molar-refractivity contribution in [3.05, 3.63) is 5.82 Å². The lowest BCUT2D eigenvalue weighted by molar-refractivity contribution is -0.144. The van der Waals surface area contributed by atoms with Crippen molar-refractivity contribution in [3.8, 4) is 0 Å². The molecule has 7 heteroatoms. The van der Waals surface area contributed by atoms with E-state index in [-0.39, 0.29) is 12.0 Å². The average molecular weight is 265 g/mol. The topological polar surface area (TPSA) is 84.1 Å². The van der Waals surface area contributed by atoms with E-state index in [0.717, 1.165) is 31.8 Å².